The number of amides is 3. The van der Waals surface area contributed by atoms with E-state index in [2.05, 4.69) is 5.32 Å². The number of hydrogen-bond donors (Lipinski definition) is 1. The molecule has 0 unspecified atom stereocenters. The molecule has 3 amide bonds. The smallest absolute Gasteiger partial charge is 0.317 e. The number of nitrogens with one attached hydrogen (secondary N) is 1. The van der Waals surface area contributed by atoms with E-state index in [1.165, 1.54) is 0 Å². The van der Waals surface area contributed by atoms with Crippen molar-refractivity contribution >= 4 is 11.9 Å². The predicted molar refractivity (Wildman–Crippen MR) is 83.9 cm³/mol. The van der Waals surface area contributed by atoms with E-state index in [0.29, 0.717) is 44.0 Å². The first-order chi connectivity index (χ1) is 11.1. The first-order valence-corrected chi connectivity index (χ1v) is 7.57. The van der Waals surface area contributed by atoms with Crippen LogP contribution in [0.3, 0.4) is 0 Å². The van der Waals surface area contributed by atoms with Gasteiger partial charge < -0.3 is 19.9 Å². The molecular formula is C16H20N4O3. The molecule has 0 saturated carbocycles. The summed E-state index contributed by atoms with van der Waals surface area (Å²) in [5.41, 5.74) is 0.546. The van der Waals surface area contributed by atoms with Crippen LogP contribution in [0.5, 0.6) is 5.75 Å². The number of nitriles is 1. The van der Waals surface area contributed by atoms with Gasteiger partial charge in [-0.2, -0.15) is 5.26 Å². The molecule has 122 valence electrons. The Kier molecular flexibility index (Phi) is 5.80. The zero-order valence-electron chi connectivity index (χ0n) is 13.1. The number of urea groups is 1. The zero-order valence-corrected chi connectivity index (χ0v) is 13.1. The van der Waals surface area contributed by atoms with Gasteiger partial charge in [0.25, 0.3) is 5.91 Å². The lowest BCUT2D eigenvalue weighted by molar-refractivity contribution is -0.134. The maximum atomic E-state index is 12.1. The molecule has 1 saturated heterocycles. The van der Waals surface area contributed by atoms with Crippen molar-refractivity contribution in [2.24, 2.45) is 0 Å². The van der Waals surface area contributed by atoms with Gasteiger partial charge >= 0.3 is 6.03 Å². The number of ether oxygens (including phenoxy) is 1. The second-order valence-electron chi connectivity index (χ2n) is 5.13. The Morgan fingerprint density at radius 1 is 1.17 bits per heavy atom. The fourth-order valence-corrected chi connectivity index (χ4v) is 2.28. The van der Waals surface area contributed by atoms with Gasteiger partial charge in [-0.3, -0.25) is 4.79 Å². The summed E-state index contributed by atoms with van der Waals surface area (Å²) in [6, 6.07) is 8.55. The molecule has 0 spiro atoms. The van der Waals surface area contributed by atoms with Crippen LogP contribution in [0.4, 0.5) is 4.79 Å². The number of carbonyl (C=O) groups excluding carboxylic acids is 2. The molecule has 7 heteroatoms. The third-order valence-corrected chi connectivity index (χ3v) is 3.59. The average molecular weight is 316 g/mol. The maximum Gasteiger partial charge on any atom is 0.317 e. The highest BCUT2D eigenvalue weighted by Crippen LogP contribution is 2.12. The van der Waals surface area contributed by atoms with Crippen molar-refractivity contribution in [1.82, 2.24) is 15.1 Å². The van der Waals surface area contributed by atoms with Crippen LogP contribution in [0.15, 0.2) is 24.3 Å². The summed E-state index contributed by atoms with van der Waals surface area (Å²) >= 11 is 0. The highest BCUT2D eigenvalue weighted by Gasteiger charge is 2.23. The number of hydrogen-bond acceptors (Lipinski definition) is 4. The Balaban J connectivity index is 1.76. The summed E-state index contributed by atoms with van der Waals surface area (Å²) in [5, 5.41) is 11.5. The molecule has 23 heavy (non-hydrogen) atoms. The van der Waals surface area contributed by atoms with Crippen molar-refractivity contribution < 1.29 is 14.3 Å². The lowest BCUT2D eigenvalue weighted by atomic mass is 10.2. The molecular weight excluding hydrogens is 296 g/mol. The number of benzene rings is 1. The summed E-state index contributed by atoms with van der Waals surface area (Å²) in [7, 11) is 0. The van der Waals surface area contributed by atoms with Crippen LogP contribution in [0, 0.1) is 11.3 Å². The minimum absolute atomic E-state index is 0.0486. The highest BCUT2D eigenvalue weighted by atomic mass is 16.5. The molecule has 0 bridgehead atoms. The Hall–Kier alpha value is -2.75. The summed E-state index contributed by atoms with van der Waals surface area (Å²) < 4.78 is 5.44. The molecule has 7 nitrogen and oxygen atoms in total. The van der Waals surface area contributed by atoms with Gasteiger partial charge in [0.1, 0.15) is 5.75 Å². The van der Waals surface area contributed by atoms with Crippen molar-refractivity contribution in [3.63, 3.8) is 0 Å². The molecule has 1 N–H and O–H groups in total. The summed E-state index contributed by atoms with van der Waals surface area (Å²) in [6.45, 7) is 4.48. The van der Waals surface area contributed by atoms with E-state index in [9.17, 15) is 9.59 Å². The first kappa shape index (κ1) is 16.6. The standard InChI is InChI=1S/C16H20N4O3/c1-2-18-16(22)20-9-7-19(8-10-20)15(21)12-23-14-5-3-13(11-17)4-6-14/h3-6H,2,7-10,12H2,1H3,(H,18,22). The van der Waals surface area contributed by atoms with E-state index in [4.69, 9.17) is 10.00 Å². The number of carbonyl (C=O) groups is 2. The van der Waals surface area contributed by atoms with E-state index in [-0.39, 0.29) is 18.5 Å². The molecule has 1 aliphatic heterocycles. The average Bonchev–Trinajstić information content (AvgIpc) is 2.60. The van der Waals surface area contributed by atoms with Gasteiger partial charge in [-0.25, -0.2) is 4.79 Å². The molecule has 0 atom stereocenters. The fourth-order valence-electron chi connectivity index (χ4n) is 2.28. The van der Waals surface area contributed by atoms with Gasteiger partial charge in [-0.05, 0) is 31.2 Å². The van der Waals surface area contributed by atoms with Crippen LogP contribution in [0.2, 0.25) is 0 Å². The van der Waals surface area contributed by atoms with E-state index >= 15 is 0 Å². The molecule has 2 rings (SSSR count). The topological polar surface area (TPSA) is 85.7 Å². The Morgan fingerprint density at radius 2 is 1.78 bits per heavy atom. The van der Waals surface area contributed by atoms with Gasteiger partial charge in [0.05, 0.1) is 11.6 Å². The van der Waals surface area contributed by atoms with Crippen LogP contribution in [-0.2, 0) is 4.79 Å². The summed E-state index contributed by atoms with van der Waals surface area (Å²) in [6.07, 6.45) is 0. The number of nitrogens with zero attached hydrogens (tertiary/aromatic N) is 3. The molecule has 1 heterocycles. The van der Waals surface area contributed by atoms with Crippen molar-refractivity contribution in [3.05, 3.63) is 29.8 Å². The zero-order chi connectivity index (χ0) is 16.7. The van der Waals surface area contributed by atoms with Crippen LogP contribution in [-0.4, -0.2) is 61.1 Å². The van der Waals surface area contributed by atoms with Crippen molar-refractivity contribution in [2.75, 3.05) is 39.3 Å². The number of rotatable bonds is 4. The fraction of sp³-hybridized carbons (Fsp3) is 0.438. The molecule has 1 aromatic rings. The normalized spacial score (nSPS) is 14.1. The van der Waals surface area contributed by atoms with Gasteiger partial charge in [0.2, 0.25) is 0 Å². The first-order valence-electron chi connectivity index (χ1n) is 7.57. The Morgan fingerprint density at radius 3 is 2.35 bits per heavy atom. The third kappa shape index (κ3) is 4.61. The van der Waals surface area contributed by atoms with E-state index < -0.39 is 0 Å². The van der Waals surface area contributed by atoms with Crippen molar-refractivity contribution in [2.45, 2.75) is 6.92 Å². The Labute approximate surface area is 135 Å². The molecule has 1 aromatic carbocycles. The molecule has 0 aliphatic carbocycles. The SMILES string of the molecule is CCNC(=O)N1CCN(C(=O)COc2ccc(C#N)cc2)CC1. The van der Waals surface area contributed by atoms with Crippen molar-refractivity contribution in [3.8, 4) is 11.8 Å². The van der Waals surface area contributed by atoms with Crippen LogP contribution in [0.25, 0.3) is 0 Å². The molecule has 1 aliphatic rings. The second-order valence-corrected chi connectivity index (χ2v) is 5.13. The van der Waals surface area contributed by atoms with Gasteiger partial charge in [0.15, 0.2) is 6.61 Å². The largest absolute Gasteiger partial charge is 0.484 e. The second kappa shape index (κ2) is 8.03. The van der Waals surface area contributed by atoms with Gasteiger partial charge in [0, 0.05) is 32.7 Å². The maximum absolute atomic E-state index is 12.1. The van der Waals surface area contributed by atoms with Crippen LogP contribution in [0.1, 0.15) is 12.5 Å². The van der Waals surface area contributed by atoms with Crippen LogP contribution < -0.4 is 10.1 Å². The van der Waals surface area contributed by atoms with E-state index in [1.807, 2.05) is 13.0 Å². The van der Waals surface area contributed by atoms with Gasteiger partial charge in [-0.1, -0.05) is 0 Å². The van der Waals surface area contributed by atoms with E-state index in [0.717, 1.165) is 0 Å². The van der Waals surface area contributed by atoms with Crippen LogP contribution >= 0.6 is 0 Å². The molecule has 0 aromatic heterocycles. The lowest BCUT2D eigenvalue weighted by Crippen LogP contribution is -2.53. The summed E-state index contributed by atoms with van der Waals surface area (Å²) in [4.78, 5) is 27.2. The molecule has 0 radical (unpaired) electrons. The van der Waals surface area contributed by atoms with Crippen molar-refractivity contribution in [1.29, 1.82) is 5.26 Å². The van der Waals surface area contributed by atoms with E-state index in [1.54, 1.807) is 34.1 Å². The summed E-state index contributed by atoms with van der Waals surface area (Å²) in [5.74, 6) is 0.447. The number of piperazine rings is 1. The Bertz CT molecular complexity index is 586. The van der Waals surface area contributed by atoms with Gasteiger partial charge in [-0.15, -0.1) is 0 Å². The minimum Gasteiger partial charge on any atom is -0.484 e. The minimum atomic E-state index is -0.107. The highest BCUT2D eigenvalue weighted by molar-refractivity contribution is 5.79. The monoisotopic (exact) mass is 316 g/mol. The quantitative estimate of drug-likeness (QED) is 0.891. The lowest BCUT2D eigenvalue weighted by Gasteiger charge is -2.34. The molecule has 1 fully saturated rings. The predicted octanol–water partition coefficient (Wildman–Crippen LogP) is 0.811. The third-order valence-electron chi connectivity index (χ3n) is 3.59.